The molecule has 3 nitrogen and oxygen atoms in total. The van der Waals surface area contributed by atoms with Gasteiger partial charge in [0.25, 0.3) is 0 Å². The number of benzene rings is 1. The first-order valence-corrected chi connectivity index (χ1v) is 7.33. The van der Waals surface area contributed by atoms with E-state index in [2.05, 4.69) is 19.2 Å². The minimum absolute atomic E-state index is 0.0998. The van der Waals surface area contributed by atoms with E-state index in [-0.39, 0.29) is 11.7 Å². The van der Waals surface area contributed by atoms with Gasteiger partial charge >= 0.3 is 0 Å². The Hall–Kier alpha value is -1.42. The maximum Gasteiger partial charge on any atom is 0.233 e. The summed E-state index contributed by atoms with van der Waals surface area (Å²) in [6, 6.07) is 7.28. The number of piperazine rings is 1. The molecule has 1 saturated heterocycles. The lowest BCUT2D eigenvalue weighted by Gasteiger charge is -2.38. The molecule has 2 aliphatic rings. The summed E-state index contributed by atoms with van der Waals surface area (Å²) in [5.41, 5.74) is -0.0221. The Morgan fingerprint density at radius 3 is 2.40 bits per heavy atom. The predicted molar refractivity (Wildman–Crippen MR) is 76.0 cm³/mol. The monoisotopic (exact) mass is 276 g/mol. The molecular formula is C16H21FN2O. The lowest BCUT2D eigenvalue weighted by Crippen LogP contribution is -2.57. The number of nitrogens with zero attached hydrogens (tertiary/aromatic N) is 1. The number of hydrogen-bond donors (Lipinski definition) is 1. The van der Waals surface area contributed by atoms with Gasteiger partial charge in [0.2, 0.25) is 5.91 Å². The van der Waals surface area contributed by atoms with Crippen molar-refractivity contribution in [1.82, 2.24) is 10.2 Å². The van der Waals surface area contributed by atoms with Gasteiger partial charge in [-0.3, -0.25) is 4.79 Å². The van der Waals surface area contributed by atoms with Gasteiger partial charge in [-0.2, -0.15) is 0 Å². The summed E-state index contributed by atoms with van der Waals surface area (Å²) in [5.74, 6) is -0.155. The molecule has 1 aliphatic carbocycles. The number of rotatable bonds is 2. The third-order valence-electron chi connectivity index (χ3n) is 4.39. The van der Waals surface area contributed by atoms with Crippen molar-refractivity contribution in [3.05, 3.63) is 35.6 Å². The molecule has 0 spiro atoms. The number of halogens is 1. The number of carbonyl (C=O) groups is 1. The van der Waals surface area contributed by atoms with Gasteiger partial charge in [-0.1, -0.05) is 18.2 Å². The van der Waals surface area contributed by atoms with E-state index in [1.54, 1.807) is 12.1 Å². The van der Waals surface area contributed by atoms with Crippen LogP contribution in [0.5, 0.6) is 0 Å². The number of hydrogen-bond acceptors (Lipinski definition) is 2. The molecule has 108 valence electrons. The van der Waals surface area contributed by atoms with Gasteiger partial charge in [0.05, 0.1) is 5.41 Å². The molecule has 3 rings (SSSR count). The van der Waals surface area contributed by atoms with Crippen LogP contribution >= 0.6 is 0 Å². The molecule has 2 unspecified atom stereocenters. The lowest BCUT2D eigenvalue weighted by atomic mass is 9.93. The Morgan fingerprint density at radius 1 is 1.25 bits per heavy atom. The zero-order chi connectivity index (χ0) is 14.3. The van der Waals surface area contributed by atoms with Gasteiger partial charge in [-0.15, -0.1) is 0 Å². The average molecular weight is 276 g/mol. The van der Waals surface area contributed by atoms with Crippen molar-refractivity contribution >= 4 is 5.91 Å². The fraction of sp³-hybridized carbons (Fsp3) is 0.562. The largest absolute Gasteiger partial charge is 0.339 e. The molecule has 1 heterocycles. The smallest absolute Gasteiger partial charge is 0.233 e. The van der Waals surface area contributed by atoms with Gasteiger partial charge in [0, 0.05) is 30.7 Å². The highest BCUT2D eigenvalue weighted by atomic mass is 19.1. The quantitative estimate of drug-likeness (QED) is 0.897. The van der Waals surface area contributed by atoms with Crippen molar-refractivity contribution in [2.45, 2.75) is 44.2 Å². The Kier molecular flexibility index (Phi) is 3.28. The normalized spacial score (nSPS) is 28.2. The molecule has 2 atom stereocenters. The third kappa shape index (κ3) is 2.22. The Balaban J connectivity index is 1.85. The first-order valence-electron chi connectivity index (χ1n) is 7.33. The van der Waals surface area contributed by atoms with Crippen molar-refractivity contribution in [1.29, 1.82) is 0 Å². The van der Waals surface area contributed by atoms with Crippen LogP contribution in [-0.2, 0) is 10.2 Å². The molecule has 1 aromatic rings. The topological polar surface area (TPSA) is 32.3 Å². The number of nitrogens with one attached hydrogen (secondary N) is 1. The molecular weight excluding hydrogens is 255 g/mol. The summed E-state index contributed by atoms with van der Waals surface area (Å²) in [6.45, 7) is 5.58. The minimum Gasteiger partial charge on any atom is -0.339 e. The van der Waals surface area contributed by atoms with Crippen LogP contribution in [-0.4, -0.2) is 36.0 Å². The molecule has 1 amide bonds. The highest BCUT2D eigenvalue weighted by molar-refractivity contribution is 5.91. The second-order valence-electron chi connectivity index (χ2n) is 6.24. The third-order valence-corrected chi connectivity index (χ3v) is 4.39. The fourth-order valence-corrected chi connectivity index (χ4v) is 3.37. The van der Waals surface area contributed by atoms with Crippen LogP contribution in [0.15, 0.2) is 24.3 Å². The van der Waals surface area contributed by atoms with Crippen LogP contribution in [0.1, 0.15) is 32.3 Å². The fourth-order valence-electron chi connectivity index (χ4n) is 3.37. The van der Waals surface area contributed by atoms with Gasteiger partial charge in [-0.05, 0) is 32.8 Å². The second kappa shape index (κ2) is 4.85. The summed E-state index contributed by atoms with van der Waals surface area (Å²) in [7, 11) is 0. The van der Waals surface area contributed by atoms with Crippen molar-refractivity contribution < 1.29 is 9.18 Å². The summed E-state index contributed by atoms with van der Waals surface area (Å²) >= 11 is 0. The molecule has 1 aliphatic heterocycles. The predicted octanol–water partition coefficient (Wildman–Crippen LogP) is 2.07. The van der Waals surface area contributed by atoms with Gasteiger partial charge in [0.15, 0.2) is 0 Å². The molecule has 2 fully saturated rings. The van der Waals surface area contributed by atoms with E-state index in [9.17, 15) is 9.18 Å². The van der Waals surface area contributed by atoms with Crippen molar-refractivity contribution in [2.75, 3.05) is 13.1 Å². The maximum absolute atomic E-state index is 14.0. The standard InChI is InChI=1S/C16H21FN2O/c1-11-9-19(10-12(2)18-11)15(20)16(7-8-16)13-5-3-4-6-14(13)17/h3-6,11-12,18H,7-10H2,1-2H3. The van der Waals surface area contributed by atoms with Crippen molar-refractivity contribution in [2.24, 2.45) is 0 Å². The van der Waals surface area contributed by atoms with Crippen molar-refractivity contribution in [3.63, 3.8) is 0 Å². The Bertz CT molecular complexity index is 517. The summed E-state index contributed by atoms with van der Waals surface area (Å²) in [4.78, 5) is 14.8. The van der Waals surface area contributed by atoms with E-state index < -0.39 is 5.41 Å². The van der Waals surface area contributed by atoms with Crippen LogP contribution in [0.25, 0.3) is 0 Å². The first-order chi connectivity index (χ1) is 9.53. The van der Waals surface area contributed by atoms with E-state index in [1.165, 1.54) is 6.07 Å². The molecule has 1 N–H and O–H groups in total. The SMILES string of the molecule is CC1CN(C(=O)C2(c3ccccc3F)CC2)CC(C)N1. The first kappa shape index (κ1) is 13.6. The molecule has 0 bridgehead atoms. The summed E-state index contributed by atoms with van der Waals surface area (Å²) in [6.07, 6.45) is 1.53. The molecule has 4 heteroatoms. The molecule has 1 saturated carbocycles. The number of carbonyl (C=O) groups excluding carboxylic acids is 1. The van der Waals surface area contributed by atoms with E-state index >= 15 is 0 Å². The highest BCUT2D eigenvalue weighted by Gasteiger charge is 2.54. The van der Waals surface area contributed by atoms with Crippen LogP contribution in [0.2, 0.25) is 0 Å². The molecule has 0 aromatic heterocycles. The number of amides is 1. The average Bonchev–Trinajstić information content (AvgIpc) is 3.18. The Labute approximate surface area is 119 Å². The molecule has 1 aromatic carbocycles. The zero-order valence-electron chi connectivity index (χ0n) is 12.0. The van der Waals surface area contributed by atoms with Crippen LogP contribution < -0.4 is 5.32 Å². The summed E-state index contributed by atoms with van der Waals surface area (Å²) in [5, 5.41) is 3.42. The van der Waals surface area contributed by atoms with Crippen LogP contribution in [0.3, 0.4) is 0 Å². The maximum atomic E-state index is 14.0. The van der Waals surface area contributed by atoms with E-state index in [1.807, 2.05) is 11.0 Å². The minimum atomic E-state index is -0.595. The molecule has 0 radical (unpaired) electrons. The lowest BCUT2D eigenvalue weighted by molar-refractivity contribution is -0.135. The zero-order valence-corrected chi connectivity index (χ0v) is 12.0. The Morgan fingerprint density at radius 2 is 1.85 bits per heavy atom. The van der Waals surface area contributed by atoms with Gasteiger partial charge in [-0.25, -0.2) is 4.39 Å². The summed E-state index contributed by atoms with van der Waals surface area (Å²) < 4.78 is 14.0. The van der Waals surface area contributed by atoms with Gasteiger partial charge < -0.3 is 10.2 Å². The van der Waals surface area contributed by atoms with E-state index in [0.717, 1.165) is 12.8 Å². The highest BCUT2D eigenvalue weighted by Crippen LogP contribution is 2.50. The molecule has 20 heavy (non-hydrogen) atoms. The second-order valence-corrected chi connectivity index (χ2v) is 6.24. The van der Waals surface area contributed by atoms with Gasteiger partial charge in [0.1, 0.15) is 5.82 Å². The van der Waals surface area contributed by atoms with E-state index in [4.69, 9.17) is 0 Å². The van der Waals surface area contributed by atoms with Crippen molar-refractivity contribution in [3.8, 4) is 0 Å². The van der Waals surface area contributed by atoms with E-state index in [0.29, 0.717) is 30.7 Å². The van der Waals surface area contributed by atoms with Crippen LogP contribution in [0, 0.1) is 5.82 Å². The van der Waals surface area contributed by atoms with Crippen LogP contribution in [0.4, 0.5) is 4.39 Å².